The van der Waals surface area contributed by atoms with Crippen LogP contribution in [-0.2, 0) is 9.53 Å². The monoisotopic (exact) mass is 368 g/mol. The molecule has 0 aliphatic heterocycles. The van der Waals surface area contributed by atoms with Crippen molar-refractivity contribution in [2.45, 2.75) is 6.92 Å². The quantitative estimate of drug-likeness (QED) is 0.740. The Labute approximate surface area is 134 Å². The second-order valence-electron chi connectivity index (χ2n) is 4.14. The number of hydrogen-bond acceptors (Lipinski definition) is 6. The molecule has 0 bridgehead atoms. The molecule has 2 aromatic rings. The molecule has 1 aromatic heterocycles. The van der Waals surface area contributed by atoms with Gasteiger partial charge < -0.3 is 15.2 Å². The summed E-state index contributed by atoms with van der Waals surface area (Å²) < 4.78 is 11.0. The van der Waals surface area contributed by atoms with E-state index in [1.54, 1.807) is 25.1 Å². The summed E-state index contributed by atoms with van der Waals surface area (Å²) >= 11 is 3.33. The molecule has 0 atom stereocenters. The smallest absolute Gasteiger partial charge is 0.361 e. The molecule has 0 saturated carbocycles. The number of rotatable bonds is 6. The van der Waals surface area contributed by atoms with E-state index in [1.807, 2.05) is 0 Å². The predicted octanol–water partition coefficient (Wildman–Crippen LogP) is 1.27. The molecule has 8 nitrogen and oxygen atoms in total. The van der Waals surface area contributed by atoms with Gasteiger partial charge in [-0.25, -0.2) is 4.79 Å². The standard InChI is InChI=1S/C13H13BrN4O4/c1-2-21-13(20)12-11(16-18-17-12)8-5-7(14)3-4-9(8)22-6-10(15)19/h3-5H,2,6H2,1H3,(H2,15,19)(H,16,17,18). The van der Waals surface area contributed by atoms with Crippen LogP contribution in [0, 0.1) is 0 Å². The maximum Gasteiger partial charge on any atom is 0.361 e. The number of H-pyrrole nitrogens is 1. The summed E-state index contributed by atoms with van der Waals surface area (Å²) in [6, 6.07) is 5.05. The Morgan fingerprint density at radius 2 is 2.14 bits per heavy atom. The van der Waals surface area contributed by atoms with Crippen LogP contribution in [-0.4, -0.2) is 40.5 Å². The highest BCUT2D eigenvalue weighted by atomic mass is 79.9. The Kier molecular flexibility index (Phi) is 5.10. The van der Waals surface area contributed by atoms with E-state index in [-0.39, 0.29) is 24.6 Å². The molecule has 0 unspecified atom stereocenters. The third-order valence-corrected chi connectivity index (χ3v) is 3.08. The Morgan fingerprint density at radius 1 is 1.36 bits per heavy atom. The highest BCUT2D eigenvalue weighted by molar-refractivity contribution is 9.10. The molecule has 9 heteroatoms. The van der Waals surface area contributed by atoms with E-state index < -0.39 is 11.9 Å². The van der Waals surface area contributed by atoms with Crippen LogP contribution < -0.4 is 10.5 Å². The van der Waals surface area contributed by atoms with Crippen molar-refractivity contribution >= 4 is 27.8 Å². The van der Waals surface area contributed by atoms with Crippen molar-refractivity contribution in [3.8, 4) is 17.0 Å². The molecule has 0 aliphatic rings. The fourth-order valence-electron chi connectivity index (χ4n) is 1.72. The van der Waals surface area contributed by atoms with Crippen molar-refractivity contribution in [3.05, 3.63) is 28.4 Å². The Balaban J connectivity index is 2.43. The normalized spacial score (nSPS) is 10.3. The van der Waals surface area contributed by atoms with E-state index >= 15 is 0 Å². The van der Waals surface area contributed by atoms with Gasteiger partial charge in [0, 0.05) is 10.0 Å². The number of benzene rings is 1. The minimum Gasteiger partial charge on any atom is -0.483 e. The third kappa shape index (κ3) is 3.61. The summed E-state index contributed by atoms with van der Waals surface area (Å²) in [5.74, 6) is -0.867. The van der Waals surface area contributed by atoms with Gasteiger partial charge in [0.15, 0.2) is 12.3 Å². The van der Waals surface area contributed by atoms with E-state index in [2.05, 4.69) is 31.3 Å². The molecule has 0 fully saturated rings. The van der Waals surface area contributed by atoms with E-state index in [0.29, 0.717) is 11.3 Å². The highest BCUT2D eigenvalue weighted by Crippen LogP contribution is 2.33. The number of carbonyl (C=O) groups excluding carboxylic acids is 2. The van der Waals surface area contributed by atoms with Gasteiger partial charge in [0.2, 0.25) is 0 Å². The number of halogens is 1. The summed E-state index contributed by atoms with van der Waals surface area (Å²) in [5.41, 5.74) is 5.85. The predicted molar refractivity (Wildman–Crippen MR) is 80.2 cm³/mol. The molecule has 3 N–H and O–H groups in total. The Hall–Kier alpha value is -2.42. The lowest BCUT2D eigenvalue weighted by atomic mass is 10.1. The van der Waals surface area contributed by atoms with Gasteiger partial charge in [0.25, 0.3) is 5.91 Å². The van der Waals surface area contributed by atoms with Crippen molar-refractivity contribution in [2.24, 2.45) is 5.73 Å². The summed E-state index contributed by atoms with van der Waals surface area (Å²) in [4.78, 5) is 22.8. The van der Waals surface area contributed by atoms with Crippen LogP contribution in [0.5, 0.6) is 5.75 Å². The van der Waals surface area contributed by atoms with Gasteiger partial charge in [0.1, 0.15) is 11.4 Å². The van der Waals surface area contributed by atoms with Crippen LogP contribution in [0.1, 0.15) is 17.4 Å². The fourth-order valence-corrected chi connectivity index (χ4v) is 2.08. The molecular formula is C13H13BrN4O4. The summed E-state index contributed by atoms with van der Waals surface area (Å²) in [6.07, 6.45) is 0. The van der Waals surface area contributed by atoms with Crippen LogP contribution in [0.3, 0.4) is 0 Å². The molecule has 1 aromatic carbocycles. The van der Waals surface area contributed by atoms with Crippen LogP contribution in [0.2, 0.25) is 0 Å². The summed E-state index contributed by atoms with van der Waals surface area (Å²) in [7, 11) is 0. The van der Waals surface area contributed by atoms with Gasteiger partial charge in [-0.15, -0.1) is 5.10 Å². The maximum absolute atomic E-state index is 11.9. The number of ether oxygens (including phenoxy) is 2. The lowest BCUT2D eigenvalue weighted by Gasteiger charge is -2.10. The number of esters is 1. The van der Waals surface area contributed by atoms with Crippen LogP contribution in [0.4, 0.5) is 0 Å². The van der Waals surface area contributed by atoms with E-state index in [9.17, 15) is 9.59 Å². The number of carbonyl (C=O) groups is 2. The molecule has 0 radical (unpaired) electrons. The first-order chi connectivity index (χ1) is 10.5. The van der Waals surface area contributed by atoms with Gasteiger partial charge in [0.05, 0.1) is 6.61 Å². The second kappa shape index (κ2) is 7.03. The average molecular weight is 369 g/mol. The van der Waals surface area contributed by atoms with Crippen molar-refractivity contribution in [1.29, 1.82) is 0 Å². The van der Waals surface area contributed by atoms with Gasteiger partial charge >= 0.3 is 5.97 Å². The zero-order valence-corrected chi connectivity index (χ0v) is 13.2. The molecule has 1 amide bonds. The highest BCUT2D eigenvalue weighted by Gasteiger charge is 2.22. The molecule has 0 spiro atoms. The number of aromatic amines is 1. The van der Waals surface area contributed by atoms with Crippen molar-refractivity contribution in [2.75, 3.05) is 13.2 Å². The molecule has 0 saturated heterocycles. The van der Waals surface area contributed by atoms with Crippen molar-refractivity contribution in [1.82, 2.24) is 15.4 Å². The fraction of sp³-hybridized carbons (Fsp3) is 0.231. The van der Waals surface area contributed by atoms with Crippen LogP contribution in [0.25, 0.3) is 11.3 Å². The maximum atomic E-state index is 11.9. The minimum absolute atomic E-state index is 0.0314. The summed E-state index contributed by atoms with van der Waals surface area (Å²) in [5, 5.41) is 10.2. The van der Waals surface area contributed by atoms with Crippen molar-refractivity contribution < 1.29 is 19.1 Å². The minimum atomic E-state index is -0.611. The van der Waals surface area contributed by atoms with Gasteiger partial charge in [-0.2, -0.15) is 10.3 Å². The van der Waals surface area contributed by atoms with Gasteiger partial charge in [-0.3, -0.25) is 4.79 Å². The first kappa shape index (κ1) is 16.0. The number of amides is 1. The van der Waals surface area contributed by atoms with Crippen molar-refractivity contribution in [3.63, 3.8) is 0 Å². The largest absolute Gasteiger partial charge is 0.483 e. The third-order valence-electron chi connectivity index (χ3n) is 2.58. The Bertz CT molecular complexity index is 701. The lowest BCUT2D eigenvalue weighted by Crippen LogP contribution is -2.20. The number of nitrogens with zero attached hydrogens (tertiary/aromatic N) is 2. The molecule has 22 heavy (non-hydrogen) atoms. The van der Waals surface area contributed by atoms with Gasteiger partial charge in [-0.05, 0) is 25.1 Å². The number of aromatic nitrogens is 3. The molecule has 1 heterocycles. The zero-order chi connectivity index (χ0) is 16.1. The average Bonchev–Trinajstić information content (AvgIpc) is 2.95. The Morgan fingerprint density at radius 3 is 2.82 bits per heavy atom. The van der Waals surface area contributed by atoms with Gasteiger partial charge in [-0.1, -0.05) is 15.9 Å². The lowest BCUT2D eigenvalue weighted by molar-refractivity contribution is -0.119. The van der Waals surface area contributed by atoms with E-state index in [0.717, 1.165) is 4.47 Å². The number of hydrogen-bond donors (Lipinski definition) is 2. The topological polar surface area (TPSA) is 120 Å². The molecule has 0 aliphatic carbocycles. The number of nitrogens with one attached hydrogen (secondary N) is 1. The SMILES string of the molecule is CCOC(=O)c1n[nH]nc1-c1cc(Br)ccc1OCC(N)=O. The second-order valence-corrected chi connectivity index (χ2v) is 5.05. The van der Waals surface area contributed by atoms with Crippen LogP contribution in [0.15, 0.2) is 22.7 Å². The first-order valence-electron chi connectivity index (χ1n) is 6.31. The summed E-state index contributed by atoms with van der Waals surface area (Å²) in [6.45, 7) is 1.62. The number of nitrogens with two attached hydrogens (primary N) is 1. The molecular weight excluding hydrogens is 356 g/mol. The van der Waals surface area contributed by atoms with E-state index in [4.69, 9.17) is 15.2 Å². The number of primary amides is 1. The van der Waals surface area contributed by atoms with E-state index in [1.165, 1.54) is 0 Å². The molecule has 116 valence electrons. The molecule has 2 rings (SSSR count). The first-order valence-corrected chi connectivity index (χ1v) is 7.11. The zero-order valence-electron chi connectivity index (χ0n) is 11.6. The van der Waals surface area contributed by atoms with Crippen LogP contribution >= 0.6 is 15.9 Å².